The third-order valence-corrected chi connectivity index (χ3v) is 3.67. The van der Waals surface area contributed by atoms with Gasteiger partial charge in [-0.25, -0.2) is 0 Å². The molecule has 0 saturated heterocycles. The van der Waals surface area contributed by atoms with E-state index in [1.807, 2.05) is 0 Å². The van der Waals surface area contributed by atoms with Gasteiger partial charge in [0.05, 0.1) is 11.4 Å². The first-order valence-electron chi connectivity index (χ1n) is 5.06. The Labute approximate surface area is 112 Å². The van der Waals surface area contributed by atoms with Crippen molar-refractivity contribution in [3.63, 3.8) is 0 Å². The van der Waals surface area contributed by atoms with Crippen molar-refractivity contribution < 1.29 is 13.2 Å². The third kappa shape index (κ3) is 2.60. The van der Waals surface area contributed by atoms with E-state index in [1.54, 1.807) is 16.4 Å². The first kappa shape index (κ1) is 13.6. The van der Waals surface area contributed by atoms with Crippen LogP contribution in [-0.2, 0) is 6.18 Å². The van der Waals surface area contributed by atoms with Crippen molar-refractivity contribution in [3.05, 3.63) is 40.9 Å². The van der Waals surface area contributed by atoms with Crippen LogP contribution in [0.3, 0.4) is 0 Å². The Hall–Kier alpha value is -0.850. The lowest BCUT2D eigenvalue weighted by Crippen LogP contribution is -2.35. The largest absolute Gasteiger partial charge is 0.416 e. The maximum atomic E-state index is 12.6. The predicted octanol–water partition coefficient (Wildman–Crippen LogP) is 3.58. The van der Waals surface area contributed by atoms with E-state index in [9.17, 15) is 13.2 Å². The van der Waals surface area contributed by atoms with Crippen LogP contribution in [0.5, 0.6) is 0 Å². The minimum absolute atomic E-state index is 0.205. The standard InChI is InChI=1S/C11H10ClF3N2S/c12-5-9-6-18-10(16)17(9)8-3-1-2-7(4-8)11(13,14)15/h1-4,6,10H,5,16H2. The molecule has 1 aromatic carbocycles. The van der Waals surface area contributed by atoms with Crippen LogP contribution in [0.25, 0.3) is 0 Å². The normalized spacial score (nSPS) is 20.2. The molecule has 0 aliphatic carbocycles. The molecule has 7 heteroatoms. The summed E-state index contributed by atoms with van der Waals surface area (Å²) in [4.78, 5) is 1.60. The molecule has 1 aliphatic heterocycles. The molecule has 98 valence electrons. The molecule has 18 heavy (non-hydrogen) atoms. The number of rotatable bonds is 2. The van der Waals surface area contributed by atoms with Gasteiger partial charge in [-0.15, -0.1) is 11.6 Å². The maximum Gasteiger partial charge on any atom is 0.416 e. The minimum Gasteiger partial charge on any atom is -0.318 e. The van der Waals surface area contributed by atoms with E-state index in [4.69, 9.17) is 17.3 Å². The van der Waals surface area contributed by atoms with Crippen molar-refractivity contribution in [1.82, 2.24) is 0 Å². The Bertz CT molecular complexity index is 476. The SMILES string of the molecule is NC1SC=C(CCl)N1c1cccc(C(F)(F)F)c1. The van der Waals surface area contributed by atoms with E-state index in [-0.39, 0.29) is 5.88 Å². The number of halogens is 4. The Balaban J connectivity index is 2.37. The van der Waals surface area contributed by atoms with E-state index in [1.165, 1.54) is 17.8 Å². The molecular formula is C11H10ClF3N2S. The number of hydrogen-bond acceptors (Lipinski definition) is 3. The van der Waals surface area contributed by atoms with Gasteiger partial charge in [0.1, 0.15) is 5.50 Å². The summed E-state index contributed by atoms with van der Waals surface area (Å²) < 4.78 is 37.9. The van der Waals surface area contributed by atoms with Crippen molar-refractivity contribution in [2.45, 2.75) is 11.7 Å². The molecule has 2 nitrogen and oxygen atoms in total. The van der Waals surface area contributed by atoms with Gasteiger partial charge in [-0.2, -0.15) is 13.2 Å². The Morgan fingerprint density at radius 2 is 2.11 bits per heavy atom. The molecule has 2 rings (SSSR count). The second kappa shape index (κ2) is 5.03. The number of nitrogens with zero attached hydrogens (tertiary/aromatic N) is 1. The van der Waals surface area contributed by atoms with Crippen LogP contribution in [0.2, 0.25) is 0 Å². The lowest BCUT2D eigenvalue weighted by atomic mass is 10.2. The number of hydrogen-bond donors (Lipinski definition) is 1. The molecule has 0 radical (unpaired) electrons. The van der Waals surface area contributed by atoms with Gasteiger partial charge in [-0.3, -0.25) is 0 Å². The number of thioether (sulfide) groups is 1. The second-order valence-corrected chi connectivity index (χ2v) is 4.95. The molecule has 0 bridgehead atoms. The van der Waals surface area contributed by atoms with Crippen molar-refractivity contribution in [3.8, 4) is 0 Å². The summed E-state index contributed by atoms with van der Waals surface area (Å²) in [6.45, 7) is 0. The molecule has 1 atom stereocenters. The van der Waals surface area contributed by atoms with Crippen molar-refractivity contribution in [2.24, 2.45) is 5.73 Å². The summed E-state index contributed by atoms with van der Waals surface area (Å²) in [7, 11) is 0. The summed E-state index contributed by atoms with van der Waals surface area (Å²) in [5.41, 5.74) is 5.79. The van der Waals surface area contributed by atoms with Gasteiger partial charge < -0.3 is 10.6 Å². The smallest absolute Gasteiger partial charge is 0.318 e. The van der Waals surface area contributed by atoms with E-state index < -0.39 is 17.2 Å². The fraction of sp³-hybridized carbons (Fsp3) is 0.273. The van der Waals surface area contributed by atoms with Crippen LogP contribution in [0.1, 0.15) is 5.56 Å². The van der Waals surface area contributed by atoms with Gasteiger partial charge in [0.15, 0.2) is 0 Å². The summed E-state index contributed by atoms with van der Waals surface area (Å²) in [6, 6.07) is 5.05. The lowest BCUT2D eigenvalue weighted by molar-refractivity contribution is -0.137. The van der Waals surface area contributed by atoms with Crippen LogP contribution in [0.4, 0.5) is 18.9 Å². The topological polar surface area (TPSA) is 29.3 Å². The third-order valence-electron chi connectivity index (χ3n) is 2.50. The van der Waals surface area contributed by atoms with Gasteiger partial charge in [0.2, 0.25) is 0 Å². The zero-order valence-electron chi connectivity index (χ0n) is 9.12. The highest BCUT2D eigenvalue weighted by atomic mass is 35.5. The molecule has 0 amide bonds. The minimum atomic E-state index is -4.36. The van der Waals surface area contributed by atoms with Gasteiger partial charge >= 0.3 is 6.18 Å². The highest BCUT2D eigenvalue weighted by molar-refractivity contribution is 8.03. The van der Waals surface area contributed by atoms with Gasteiger partial charge in [-0.05, 0) is 23.6 Å². The highest BCUT2D eigenvalue weighted by Gasteiger charge is 2.32. The highest BCUT2D eigenvalue weighted by Crippen LogP contribution is 2.37. The molecule has 0 saturated carbocycles. The van der Waals surface area contributed by atoms with Crippen LogP contribution in [0, 0.1) is 0 Å². The molecule has 0 fully saturated rings. The van der Waals surface area contributed by atoms with Crippen LogP contribution in [0.15, 0.2) is 35.4 Å². The zero-order chi connectivity index (χ0) is 13.3. The molecule has 0 aromatic heterocycles. The van der Waals surface area contributed by atoms with E-state index in [2.05, 4.69) is 0 Å². The number of alkyl halides is 4. The fourth-order valence-electron chi connectivity index (χ4n) is 1.67. The summed E-state index contributed by atoms with van der Waals surface area (Å²) in [5, 5.41) is 1.76. The van der Waals surface area contributed by atoms with Crippen molar-refractivity contribution >= 4 is 29.1 Å². The number of allylic oxidation sites excluding steroid dienone is 1. The van der Waals surface area contributed by atoms with Crippen LogP contribution >= 0.6 is 23.4 Å². The average molecular weight is 295 g/mol. The lowest BCUT2D eigenvalue weighted by Gasteiger charge is -2.26. The van der Waals surface area contributed by atoms with Crippen LogP contribution < -0.4 is 10.6 Å². The summed E-state index contributed by atoms with van der Waals surface area (Å²) >= 11 is 7.07. The fourth-order valence-corrected chi connectivity index (χ4v) is 2.84. The maximum absolute atomic E-state index is 12.6. The van der Waals surface area contributed by atoms with Crippen LogP contribution in [-0.4, -0.2) is 11.4 Å². The van der Waals surface area contributed by atoms with Crippen molar-refractivity contribution in [1.29, 1.82) is 0 Å². The number of anilines is 1. The summed E-state index contributed by atoms with van der Waals surface area (Å²) in [6.07, 6.45) is -4.36. The molecule has 0 spiro atoms. The van der Waals surface area contributed by atoms with Gasteiger partial charge in [0.25, 0.3) is 0 Å². The number of benzene rings is 1. The van der Waals surface area contributed by atoms with Gasteiger partial charge in [0, 0.05) is 11.4 Å². The molecule has 1 aromatic rings. The average Bonchev–Trinajstić information content (AvgIpc) is 2.69. The molecular weight excluding hydrogens is 285 g/mol. The first-order valence-corrected chi connectivity index (χ1v) is 6.54. The first-order chi connectivity index (χ1) is 8.43. The predicted molar refractivity (Wildman–Crippen MR) is 68.3 cm³/mol. The second-order valence-electron chi connectivity index (χ2n) is 3.69. The zero-order valence-corrected chi connectivity index (χ0v) is 10.7. The number of nitrogens with two attached hydrogens (primary N) is 1. The molecule has 1 unspecified atom stereocenters. The van der Waals surface area contributed by atoms with Crippen molar-refractivity contribution in [2.75, 3.05) is 10.8 Å². The molecule has 1 heterocycles. The summed E-state index contributed by atoms with van der Waals surface area (Å²) in [5.74, 6) is 0.205. The Morgan fingerprint density at radius 1 is 1.39 bits per heavy atom. The molecule has 2 N–H and O–H groups in total. The van der Waals surface area contributed by atoms with E-state index in [0.717, 1.165) is 12.1 Å². The van der Waals surface area contributed by atoms with E-state index >= 15 is 0 Å². The van der Waals surface area contributed by atoms with Gasteiger partial charge in [-0.1, -0.05) is 17.8 Å². The quantitative estimate of drug-likeness (QED) is 0.845. The Kier molecular flexibility index (Phi) is 3.79. The monoisotopic (exact) mass is 294 g/mol. The van der Waals surface area contributed by atoms with E-state index in [0.29, 0.717) is 11.4 Å². The Morgan fingerprint density at radius 3 is 2.72 bits per heavy atom. The molecule has 1 aliphatic rings.